The molecule has 0 aromatic heterocycles. The highest BCUT2D eigenvalue weighted by Gasteiger charge is 2.73. The third kappa shape index (κ3) is 2.73. The van der Waals surface area contributed by atoms with E-state index in [9.17, 15) is 4.79 Å². The van der Waals surface area contributed by atoms with Crippen LogP contribution in [0.2, 0.25) is 0 Å². The lowest BCUT2D eigenvalue weighted by Gasteiger charge is -2.54. The van der Waals surface area contributed by atoms with Crippen LogP contribution in [-0.2, 0) is 16.9 Å². The van der Waals surface area contributed by atoms with Crippen molar-refractivity contribution in [1.82, 2.24) is 4.90 Å². The van der Waals surface area contributed by atoms with Gasteiger partial charge in [-0.05, 0) is 49.3 Å². The molecule has 0 unspecified atom stereocenters. The van der Waals surface area contributed by atoms with Crippen molar-refractivity contribution in [3.63, 3.8) is 0 Å². The number of para-hydroxylation sites is 1. The Labute approximate surface area is 211 Å². The average molecular weight is 479 g/mol. The standard InChI is InChI=1S/C30H30N4O2/c31-27-32-29-18-9-19-30(29,26-17-16-24(33(26)27)22-12-5-2-6-13-22)34(25-15-8-7-14-23(25)29)28(35)36-20-21-10-3-1-4-11-21/h1-8,10-15,24,26H,9,16-20H2,(H2,31,32)/t24-,26-,29+,30+/m0/s1. The predicted octanol–water partition coefficient (Wildman–Crippen LogP) is 5.50. The molecule has 3 aromatic carbocycles. The Hall–Kier alpha value is -3.80. The molecule has 7 rings (SSSR count). The Balaban J connectivity index is 1.34. The molecule has 3 aliphatic heterocycles. The van der Waals surface area contributed by atoms with Gasteiger partial charge in [-0.1, -0.05) is 78.9 Å². The van der Waals surface area contributed by atoms with E-state index in [4.69, 9.17) is 15.5 Å². The molecule has 2 fully saturated rings. The van der Waals surface area contributed by atoms with Crippen LogP contribution in [-0.4, -0.2) is 28.5 Å². The zero-order valence-electron chi connectivity index (χ0n) is 20.2. The van der Waals surface area contributed by atoms with E-state index in [-0.39, 0.29) is 24.8 Å². The average Bonchev–Trinajstić information content (AvgIpc) is 3.58. The maximum atomic E-state index is 14.0. The van der Waals surface area contributed by atoms with Crippen molar-refractivity contribution >= 4 is 17.7 Å². The van der Waals surface area contributed by atoms with Crippen molar-refractivity contribution < 1.29 is 9.53 Å². The van der Waals surface area contributed by atoms with Gasteiger partial charge in [0.1, 0.15) is 17.7 Å². The number of carbonyl (C=O) groups excluding carboxylic acids is 1. The van der Waals surface area contributed by atoms with Gasteiger partial charge in [-0.25, -0.2) is 9.79 Å². The number of aliphatic imine (C=N–C) groups is 1. The fourth-order valence-corrected chi connectivity index (χ4v) is 7.64. The van der Waals surface area contributed by atoms with Crippen LogP contribution in [0.4, 0.5) is 10.5 Å². The number of guanidine groups is 1. The van der Waals surface area contributed by atoms with Crippen LogP contribution in [0.1, 0.15) is 54.8 Å². The molecule has 1 amide bonds. The number of anilines is 1. The Bertz CT molecular complexity index is 1340. The van der Waals surface area contributed by atoms with Gasteiger partial charge in [-0.3, -0.25) is 4.90 Å². The van der Waals surface area contributed by atoms with Gasteiger partial charge in [0.2, 0.25) is 0 Å². The Kier molecular flexibility index (Phi) is 4.69. The summed E-state index contributed by atoms with van der Waals surface area (Å²) < 4.78 is 5.99. The van der Waals surface area contributed by atoms with E-state index in [1.807, 2.05) is 53.4 Å². The van der Waals surface area contributed by atoms with Crippen molar-refractivity contribution in [2.45, 2.75) is 61.9 Å². The molecular weight excluding hydrogens is 448 g/mol. The number of hydrogen-bond acceptors (Lipinski definition) is 5. The molecule has 4 aliphatic rings. The summed E-state index contributed by atoms with van der Waals surface area (Å²) in [5.41, 5.74) is 9.99. The maximum absolute atomic E-state index is 14.0. The molecule has 0 spiro atoms. The van der Waals surface area contributed by atoms with Gasteiger partial charge in [0.25, 0.3) is 0 Å². The molecule has 3 aromatic rings. The minimum atomic E-state index is -0.536. The number of nitrogens with two attached hydrogens (primary N) is 1. The summed E-state index contributed by atoms with van der Waals surface area (Å²) in [6.07, 6.45) is 4.39. The van der Waals surface area contributed by atoms with E-state index in [0.29, 0.717) is 5.96 Å². The molecule has 6 nitrogen and oxygen atoms in total. The molecule has 6 heteroatoms. The second kappa shape index (κ2) is 7.85. The zero-order chi connectivity index (χ0) is 24.3. The number of rotatable bonds is 3. The first kappa shape index (κ1) is 21.5. The Morgan fingerprint density at radius 3 is 2.47 bits per heavy atom. The minimum Gasteiger partial charge on any atom is -0.444 e. The second-order valence-corrected chi connectivity index (χ2v) is 10.4. The van der Waals surface area contributed by atoms with Gasteiger partial charge in [-0.2, -0.15) is 0 Å². The van der Waals surface area contributed by atoms with E-state index in [0.717, 1.165) is 48.9 Å². The van der Waals surface area contributed by atoms with Crippen molar-refractivity contribution in [2.24, 2.45) is 10.7 Å². The third-order valence-corrected chi connectivity index (χ3v) is 8.88. The summed E-state index contributed by atoms with van der Waals surface area (Å²) in [7, 11) is 0. The fourth-order valence-electron chi connectivity index (χ4n) is 7.64. The first-order valence-corrected chi connectivity index (χ1v) is 12.9. The molecule has 182 valence electrons. The second-order valence-electron chi connectivity index (χ2n) is 10.4. The number of nitrogens with zero attached hydrogens (tertiary/aromatic N) is 3. The Morgan fingerprint density at radius 1 is 0.944 bits per heavy atom. The van der Waals surface area contributed by atoms with Gasteiger partial charge in [0.05, 0.1) is 17.8 Å². The molecule has 0 radical (unpaired) electrons. The molecule has 4 atom stereocenters. The van der Waals surface area contributed by atoms with Crippen molar-refractivity contribution in [2.75, 3.05) is 4.90 Å². The van der Waals surface area contributed by atoms with Crippen LogP contribution in [0.3, 0.4) is 0 Å². The monoisotopic (exact) mass is 478 g/mol. The van der Waals surface area contributed by atoms with Crippen LogP contribution in [0.15, 0.2) is 89.9 Å². The summed E-state index contributed by atoms with van der Waals surface area (Å²) in [5.74, 6) is 0.596. The number of fused-ring (bicyclic) bond motifs is 2. The lowest BCUT2D eigenvalue weighted by atomic mass is 9.71. The summed E-state index contributed by atoms with van der Waals surface area (Å²) in [6, 6.07) is 28.9. The van der Waals surface area contributed by atoms with Crippen LogP contribution < -0.4 is 10.6 Å². The first-order chi connectivity index (χ1) is 17.7. The molecule has 1 aliphatic carbocycles. The summed E-state index contributed by atoms with van der Waals surface area (Å²) in [5, 5.41) is 0. The van der Waals surface area contributed by atoms with Gasteiger partial charge in [0.15, 0.2) is 5.96 Å². The van der Waals surface area contributed by atoms with Gasteiger partial charge >= 0.3 is 6.09 Å². The van der Waals surface area contributed by atoms with Crippen molar-refractivity contribution in [1.29, 1.82) is 0 Å². The molecule has 2 N–H and O–H groups in total. The van der Waals surface area contributed by atoms with Crippen molar-refractivity contribution in [3.8, 4) is 0 Å². The Morgan fingerprint density at radius 2 is 1.67 bits per heavy atom. The number of amides is 1. The normalized spacial score (nSPS) is 29.7. The van der Waals surface area contributed by atoms with Crippen LogP contribution in [0, 0.1) is 0 Å². The van der Waals surface area contributed by atoms with E-state index in [2.05, 4.69) is 41.3 Å². The first-order valence-electron chi connectivity index (χ1n) is 12.9. The topological polar surface area (TPSA) is 71.2 Å². The largest absolute Gasteiger partial charge is 0.444 e. The molecule has 36 heavy (non-hydrogen) atoms. The van der Waals surface area contributed by atoms with Crippen LogP contribution >= 0.6 is 0 Å². The highest BCUT2D eigenvalue weighted by molar-refractivity contribution is 5.96. The number of benzene rings is 3. The lowest BCUT2D eigenvalue weighted by Crippen LogP contribution is -2.70. The fraction of sp³-hybridized carbons (Fsp3) is 0.333. The summed E-state index contributed by atoms with van der Waals surface area (Å²) >= 11 is 0. The molecule has 1 saturated heterocycles. The van der Waals surface area contributed by atoms with E-state index in [1.165, 1.54) is 5.56 Å². The number of ether oxygens (including phenoxy) is 1. The van der Waals surface area contributed by atoms with Crippen LogP contribution in [0.5, 0.6) is 0 Å². The van der Waals surface area contributed by atoms with Gasteiger partial charge in [-0.15, -0.1) is 0 Å². The zero-order valence-corrected chi connectivity index (χ0v) is 20.2. The predicted molar refractivity (Wildman–Crippen MR) is 139 cm³/mol. The summed E-state index contributed by atoms with van der Waals surface area (Å²) in [4.78, 5) is 23.6. The highest BCUT2D eigenvalue weighted by Crippen LogP contribution is 2.66. The number of carbonyl (C=O) groups is 1. The quantitative estimate of drug-likeness (QED) is 0.540. The SMILES string of the molecule is NC1=N[C@@]23CCC[C@]2([C@@H]2CC[C@@H](c4ccccc4)N12)N(C(=O)OCc1ccccc1)c1ccccc13. The third-order valence-electron chi connectivity index (χ3n) is 8.88. The molecular formula is C30H30N4O2. The number of hydrogen-bond donors (Lipinski definition) is 1. The minimum absolute atomic E-state index is 0.0689. The maximum Gasteiger partial charge on any atom is 0.415 e. The smallest absolute Gasteiger partial charge is 0.415 e. The van der Waals surface area contributed by atoms with E-state index in [1.54, 1.807) is 0 Å². The summed E-state index contributed by atoms with van der Waals surface area (Å²) in [6.45, 7) is 0.244. The molecule has 3 heterocycles. The molecule has 0 bridgehead atoms. The van der Waals surface area contributed by atoms with Crippen LogP contribution in [0.25, 0.3) is 0 Å². The van der Waals surface area contributed by atoms with Gasteiger partial charge in [0, 0.05) is 5.56 Å². The molecule has 1 saturated carbocycles. The van der Waals surface area contributed by atoms with Gasteiger partial charge < -0.3 is 15.4 Å². The van der Waals surface area contributed by atoms with Crippen molar-refractivity contribution in [3.05, 3.63) is 102 Å². The van der Waals surface area contributed by atoms with E-state index < -0.39 is 11.1 Å². The highest BCUT2D eigenvalue weighted by atomic mass is 16.6. The van der Waals surface area contributed by atoms with E-state index >= 15 is 0 Å². The lowest BCUT2D eigenvalue weighted by molar-refractivity contribution is 0.0968.